The van der Waals surface area contributed by atoms with Gasteiger partial charge in [0.15, 0.2) is 0 Å². The molecule has 0 aromatic heterocycles. The molecule has 1 unspecified atom stereocenters. The molecule has 12 nitrogen and oxygen atoms in total. The van der Waals surface area contributed by atoms with Gasteiger partial charge >= 0.3 is 0 Å². The Morgan fingerprint density at radius 1 is 0.446 bits per heavy atom. The van der Waals surface area contributed by atoms with Gasteiger partial charge in [-0.05, 0) is 147 Å². The van der Waals surface area contributed by atoms with E-state index in [1.54, 1.807) is 38.5 Å². The number of ether oxygens (including phenoxy) is 8. The number of aromatic hydroxyl groups is 2. The zero-order valence-corrected chi connectivity index (χ0v) is 42.5. The van der Waals surface area contributed by atoms with Crippen LogP contribution in [0.15, 0.2) is 121 Å². The summed E-state index contributed by atoms with van der Waals surface area (Å²) in [6.07, 6.45) is 8.63. The molecule has 6 aromatic rings. The fourth-order valence-electron chi connectivity index (χ4n) is 11.2. The van der Waals surface area contributed by atoms with Gasteiger partial charge in [-0.1, -0.05) is 37.1 Å². The molecule has 2 saturated heterocycles. The van der Waals surface area contributed by atoms with E-state index in [2.05, 4.69) is 46.2 Å². The second-order valence-corrected chi connectivity index (χ2v) is 19.7. The summed E-state index contributed by atoms with van der Waals surface area (Å²) in [7, 11) is 3.33. The van der Waals surface area contributed by atoms with Crippen LogP contribution in [0.25, 0.3) is 22.3 Å². The SMILES string of the molecule is COc1ccc2c(c1)OC(c1ccc(OCCN3CCCCC3)cc1)C1=C2CCOc2cc(O)ccc21.COc1ccc2c(c1)OCCC1=C2[C@@H](c2ccc(OCCN3CCCCC3)cc2)Oc2cc(O)ccc21. The fraction of sp³-hybridized carbons (Fsp3) is 0.355. The Labute approximate surface area is 434 Å². The molecule has 2 fully saturated rings. The first-order valence-electron chi connectivity index (χ1n) is 26.4. The smallest absolute Gasteiger partial charge is 0.150 e. The first kappa shape index (κ1) is 49.0. The number of piperidine rings is 2. The summed E-state index contributed by atoms with van der Waals surface area (Å²) in [6.45, 7) is 9.08. The van der Waals surface area contributed by atoms with Crippen molar-refractivity contribution in [2.24, 2.45) is 0 Å². The van der Waals surface area contributed by atoms with Gasteiger partial charge in [0.25, 0.3) is 0 Å². The van der Waals surface area contributed by atoms with Crippen molar-refractivity contribution in [3.8, 4) is 57.5 Å². The Morgan fingerprint density at radius 2 is 0.838 bits per heavy atom. The van der Waals surface area contributed by atoms with Crippen molar-refractivity contribution in [2.75, 3.05) is 79.9 Å². The molecule has 384 valence electrons. The van der Waals surface area contributed by atoms with Crippen LogP contribution in [0, 0.1) is 0 Å². The minimum Gasteiger partial charge on any atom is -0.508 e. The molecule has 12 heteroatoms. The lowest BCUT2D eigenvalue weighted by molar-refractivity contribution is 0.183. The maximum Gasteiger partial charge on any atom is 0.150 e. The van der Waals surface area contributed by atoms with Crippen LogP contribution in [-0.2, 0) is 0 Å². The van der Waals surface area contributed by atoms with E-state index in [1.165, 1.54) is 75.9 Å². The molecule has 6 heterocycles. The van der Waals surface area contributed by atoms with Crippen molar-refractivity contribution in [1.82, 2.24) is 9.80 Å². The van der Waals surface area contributed by atoms with Gasteiger partial charge in [-0.25, -0.2) is 0 Å². The quantitative estimate of drug-likeness (QED) is 0.121. The molecular weight excluding hydrogens is 933 g/mol. The highest BCUT2D eigenvalue weighted by molar-refractivity contribution is 5.99. The molecule has 0 amide bonds. The number of hydrogen-bond acceptors (Lipinski definition) is 12. The molecule has 0 aliphatic carbocycles. The summed E-state index contributed by atoms with van der Waals surface area (Å²) in [5.74, 6) is 6.56. The average molecular weight is 999 g/mol. The highest BCUT2D eigenvalue weighted by Crippen LogP contribution is 2.54. The number of rotatable bonds is 12. The zero-order valence-electron chi connectivity index (χ0n) is 42.5. The largest absolute Gasteiger partial charge is 0.508 e. The summed E-state index contributed by atoms with van der Waals surface area (Å²) < 4.78 is 48.6. The highest BCUT2D eigenvalue weighted by Gasteiger charge is 2.36. The third-order valence-electron chi connectivity index (χ3n) is 15.0. The first-order chi connectivity index (χ1) is 36.4. The summed E-state index contributed by atoms with van der Waals surface area (Å²) in [4.78, 5) is 4.96. The molecular formula is C62H66N2O10. The number of fused-ring (bicyclic) bond motifs is 8. The van der Waals surface area contributed by atoms with E-state index in [0.29, 0.717) is 37.9 Å². The molecule has 2 atom stereocenters. The molecule has 74 heavy (non-hydrogen) atoms. The van der Waals surface area contributed by atoms with Gasteiger partial charge in [0, 0.05) is 83.6 Å². The second-order valence-electron chi connectivity index (χ2n) is 19.7. The van der Waals surface area contributed by atoms with Crippen molar-refractivity contribution in [2.45, 2.75) is 63.6 Å². The number of phenols is 2. The molecule has 0 bridgehead atoms. The maximum absolute atomic E-state index is 10.2. The lowest BCUT2D eigenvalue weighted by atomic mass is 9.84. The Kier molecular flexibility index (Phi) is 14.9. The van der Waals surface area contributed by atoms with Crippen LogP contribution in [0.5, 0.6) is 57.5 Å². The van der Waals surface area contributed by atoms with Crippen molar-refractivity contribution >= 4 is 22.3 Å². The van der Waals surface area contributed by atoms with Gasteiger partial charge in [0.1, 0.15) is 82.9 Å². The number of phenolic OH excluding ortho intramolecular Hbond substituents is 2. The third-order valence-corrected chi connectivity index (χ3v) is 15.0. The van der Waals surface area contributed by atoms with Crippen LogP contribution in [0.1, 0.15) is 97.0 Å². The van der Waals surface area contributed by atoms with Crippen molar-refractivity contribution in [1.29, 1.82) is 0 Å². The maximum atomic E-state index is 10.2. The number of methoxy groups -OCH3 is 2. The Bertz CT molecular complexity index is 2990. The van der Waals surface area contributed by atoms with Crippen LogP contribution in [0.3, 0.4) is 0 Å². The molecule has 6 aliphatic heterocycles. The third kappa shape index (κ3) is 10.7. The van der Waals surface area contributed by atoms with Crippen LogP contribution in [-0.4, -0.2) is 99.9 Å². The van der Waals surface area contributed by atoms with Gasteiger partial charge in [0.2, 0.25) is 0 Å². The van der Waals surface area contributed by atoms with Gasteiger partial charge < -0.3 is 48.1 Å². The minimum atomic E-state index is -0.347. The predicted molar refractivity (Wildman–Crippen MR) is 287 cm³/mol. The highest BCUT2D eigenvalue weighted by atomic mass is 16.5. The topological polar surface area (TPSA) is 121 Å². The Balaban J connectivity index is 0.000000159. The van der Waals surface area contributed by atoms with E-state index < -0.39 is 0 Å². The van der Waals surface area contributed by atoms with Crippen LogP contribution in [0.4, 0.5) is 0 Å². The van der Waals surface area contributed by atoms with Crippen LogP contribution < -0.4 is 37.9 Å². The standard InChI is InChI=1S/2C31H33NO5/c1-34-24-10-12-25-26-13-17-36-28-19-22(33)7-11-27(28)30(26)31(37-29(25)20-24)21-5-8-23(9-6-21)35-18-16-32-14-3-2-4-15-32;1-34-24-10-12-27-28(20-24)36-17-13-26-25-11-7-22(33)19-29(25)37-31(30(26)27)21-5-8-23(9-6-21)35-18-16-32-14-3-2-4-15-32/h2*5-12,19-20,31,33H,2-4,13-18H2,1H3/t;31-/m.1/s1. The number of nitrogens with zero attached hydrogens (tertiary/aromatic N) is 2. The van der Waals surface area contributed by atoms with Gasteiger partial charge in [-0.3, -0.25) is 9.80 Å². The normalized spacial score (nSPS) is 19.0. The molecule has 6 aromatic carbocycles. The van der Waals surface area contributed by atoms with Gasteiger partial charge in [-0.15, -0.1) is 0 Å². The summed E-state index contributed by atoms with van der Waals surface area (Å²) in [5, 5.41) is 20.3. The van der Waals surface area contributed by atoms with Crippen molar-refractivity contribution in [3.05, 3.63) is 155 Å². The Hall–Kier alpha value is -7.28. The average Bonchev–Trinajstić information content (AvgIpc) is 3.75. The van der Waals surface area contributed by atoms with Crippen molar-refractivity contribution < 1.29 is 48.1 Å². The van der Waals surface area contributed by atoms with Gasteiger partial charge in [-0.2, -0.15) is 0 Å². The molecule has 2 N–H and O–H groups in total. The molecule has 12 rings (SSSR count). The predicted octanol–water partition coefficient (Wildman–Crippen LogP) is 12.2. The molecule has 6 aliphatic rings. The monoisotopic (exact) mass is 998 g/mol. The van der Waals surface area contributed by atoms with E-state index >= 15 is 0 Å². The molecule has 0 spiro atoms. The van der Waals surface area contributed by atoms with Gasteiger partial charge in [0.05, 0.1) is 27.4 Å². The van der Waals surface area contributed by atoms with E-state index in [1.807, 2.05) is 60.7 Å². The number of hydrogen-bond donors (Lipinski definition) is 2. The van der Waals surface area contributed by atoms with E-state index in [4.69, 9.17) is 37.9 Å². The zero-order chi connectivity index (χ0) is 50.4. The molecule has 0 radical (unpaired) electrons. The summed E-state index contributed by atoms with van der Waals surface area (Å²) in [6, 6.07) is 39.0. The van der Waals surface area contributed by atoms with Crippen molar-refractivity contribution in [3.63, 3.8) is 0 Å². The molecule has 0 saturated carbocycles. The fourth-order valence-corrected chi connectivity index (χ4v) is 11.2. The second kappa shape index (κ2) is 22.5. The first-order valence-corrected chi connectivity index (χ1v) is 26.4. The lowest BCUT2D eigenvalue weighted by Gasteiger charge is -2.31. The summed E-state index contributed by atoms with van der Waals surface area (Å²) in [5.41, 5.74) is 10.6. The minimum absolute atomic E-state index is 0.187. The number of likely N-dealkylation sites (tertiary alicyclic amines) is 2. The van der Waals surface area contributed by atoms with Crippen LogP contribution in [0.2, 0.25) is 0 Å². The lowest BCUT2D eigenvalue weighted by Crippen LogP contribution is -2.33. The van der Waals surface area contributed by atoms with E-state index in [0.717, 1.165) is 105 Å². The van der Waals surface area contributed by atoms with Crippen LogP contribution >= 0.6 is 0 Å². The van der Waals surface area contributed by atoms with E-state index in [9.17, 15) is 10.2 Å². The number of benzene rings is 6. The van der Waals surface area contributed by atoms with E-state index in [-0.39, 0.29) is 23.7 Å². The summed E-state index contributed by atoms with van der Waals surface area (Å²) >= 11 is 0. The Morgan fingerprint density at radius 3 is 1.32 bits per heavy atom.